The van der Waals surface area contributed by atoms with Gasteiger partial charge in [-0.2, -0.15) is 0 Å². The average Bonchev–Trinajstić information content (AvgIpc) is 2.76. The van der Waals surface area contributed by atoms with Gasteiger partial charge in [0.15, 0.2) is 0 Å². The van der Waals surface area contributed by atoms with Gasteiger partial charge in [0.2, 0.25) is 0 Å². The summed E-state index contributed by atoms with van der Waals surface area (Å²) in [5.74, 6) is 0.606. The number of carbonyl (C=O) groups excluding carboxylic acids is 2. The summed E-state index contributed by atoms with van der Waals surface area (Å²) in [6, 6.07) is 8.18. The van der Waals surface area contributed by atoms with E-state index in [1.807, 2.05) is 24.3 Å². The SMILES string of the molecule is COC(=O)CCc1ccc(OCC(CNC(C)C)OC)cc1.O=CCCCO[N+](=O)[O-]. The molecule has 0 aliphatic carbocycles. The van der Waals surface area contributed by atoms with Gasteiger partial charge in [0.1, 0.15) is 24.7 Å². The van der Waals surface area contributed by atoms with Crippen molar-refractivity contribution in [1.29, 1.82) is 0 Å². The maximum absolute atomic E-state index is 11.1. The quantitative estimate of drug-likeness (QED) is 0.143. The van der Waals surface area contributed by atoms with Gasteiger partial charge < -0.3 is 29.2 Å². The predicted octanol–water partition coefficient (Wildman–Crippen LogP) is 2.36. The Kier molecular flexibility index (Phi) is 16.5. The van der Waals surface area contributed by atoms with Crippen LogP contribution in [0.4, 0.5) is 0 Å². The van der Waals surface area contributed by atoms with Crippen molar-refractivity contribution in [2.75, 3.05) is 34.0 Å². The maximum Gasteiger partial charge on any atom is 0.305 e. The lowest BCUT2D eigenvalue weighted by atomic mass is 10.1. The summed E-state index contributed by atoms with van der Waals surface area (Å²) >= 11 is 0. The van der Waals surface area contributed by atoms with Crippen molar-refractivity contribution >= 4 is 12.3 Å². The molecule has 0 amide bonds. The van der Waals surface area contributed by atoms with Crippen LogP contribution in [0.2, 0.25) is 0 Å². The first kappa shape index (κ1) is 28.3. The Morgan fingerprint density at radius 2 is 1.90 bits per heavy atom. The van der Waals surface area contributed by atoms with Crippen molar-refractivity contribution in [3.63, 3.8) is 0 Å². The molecule has 0 aromatic heterocycles. The van der Waals surface area contributed by atoms with E-state index >= 15 is 0 Å². The van der Waals surface area contributed by atoms with Gasteiger partial charge in [-0.3, -0.25) is 4.79 Å². The van der Waals surface area contributed by atoms with Crippen LogP contribution >= 0.6 is 0 Å². The molecule has 0 saturated heterocycles. The molecule has 0 aliphatic rings. The summed E-state index contributed by atoms with van der Waals surface area (Å²) in [6.45, 7) is 5.45. The van der Waals surface area contributed by atoms with E-state index < -0.39 is 5.09 Å². The number of unbranched alkanes of at least 4 members (excludes halogenated alkanes) is 1. The molecule has 1 atom stereocenters. The van der Waals surface area contributed by atoms with E-state index in [2.05, 4.69) is 28.7 Å². The second kappa shape index (κ2) is 18.1. The van der Waals surface area contributed by atoms with Gasteiger partial charge in [-0.05, 0) is 30.5 Å². The number of methoxy groups -OCH3 is 2. The first-order valence-corrected chi connectivity index (χ1v) is 10.1. The van der Waals surface area contributed by atoms with Gasteiger partial charge in [0, 0.05) is 32.5 Å². The third kappa shape index (κ3) is 16.7. The van der Waals surface area contributed by atoms with Gasteiger partial charge in [-0.25, -0.2) is 0 Å². The maximum atomic E-state index is 11.1. The normalized spacial score (nSPS) is 11.1. The summed E-state index contributed by atoms with van der Waals surface area (Å²) in [4.78, 5) is 34.1. The van der Waals surface area contributed by atoms with Crippen molar-refractivity contribution in [2.45, 2.75) is 51.7 Å². The van der Waals surface area contributed by atoms with E-state index in [4.69, 9.17) is 9.47 Å². The minimum Gasteiger partial charge on any atom is -0.491 e. The monoisotopic (exact) mass is 442 g/mol. The third-order valence-electron chi connectivity index (χ3n) is 3.95. The number of hydrogen-bond donors (Lipinski definition) is 1. The number of benzene rings is 1. The molecule has 0 spiro atoms. The van der Waals surface area contributed by atoms with Crippen molar-refractivity contribution in [2.24, 2.45) is 0 Å². The van der Waals surface area contributed by atoms with Crippen LogP contribution in [0.1, 0.15) is 38.7 Å². The second-order valence-corrected chi connectivity index (χ2v) is 6.82. The molecule has 0 fully saturated rings. The van der Waals surface area contributed by atoms with E-state index in [1.54, 1.807) is 7.11 Å². The van der Waals surface area contributed by atoms with E-state index in [-0.39, 0.29) is 18.7 Å². The number of aryl methyl sites for hydroxylation is 1. The van der Waals surface area contributed by atoms with Gasteiger partial charge >= 0.3 is 5.97 Å². The summed E-state index contributed by atoms with van der Waals surface area (Å²) in [5, 5.41) is 11.9. The zero-order chi connectivity index (χ0) is 23.5. The van der Waals surface area contributed by atoms with Crippen LogP contribution in [0, 0.1) is 10.1 Å². The number of aldehydes is 1. The van der Waals surface area contributed by atoms with Crippen LogP contribution < -0.4 is 10.1 Å². The Labute approximate surface area is 183 Å². The van der Waals surface area contributed by atoms with Crippen LogP contribution in [-0.4, -0.2) is 63.5 Å². The summed E-state index contributed by atoms with van der Waals surface area (Å²) in [5.41, 5.74) is 1.09. The Morgan fingerprint density at radius 3 is 2.42 bits per heavy atom. The lowest BCUT2D eigenvalue weighted by molar-refractivity contribution is -0.757. The molecule has 31 heavy (non-hydrogen) atoms. The molecule has 1 aromatic rings. The lowest BCUT2D eigenvalue weighted by Gasteiger charge is -2.18. The number of nitrogens with one attached hydrogen (secondary N) is 1. The highest BCUT2D eigenvalue weighted by molar-refractivity contribution is 5.69. The third-order valence-corrected chi connectivity index (χ3v) is 3.95. The highest BCUT2D eigenvalue weighted by atomic mass is 16.9. The molecule has 0 saturated carbocycles. The molecule has 176 valence electrons. The van der Waals surface area contributed by atoms with Crippen LogP contribution in [0.25, 0.3) is 0 Å². The zero-order valence-corrected chi connectivity index (χ0v) is 18.7. The standard InChI is InChI=1S/C17H27NO4.C4H7NO4/c1-13(2)18-11-16(20-3)12-22-15-8-5-14(6-9-15)7-10-17(19)21-4;6-3-1-2-4-9-5(7)8/h5-6,8-9,13,16,18H,7,10-12H2,1-4H3;3H,1-2,4H2. The molecule has 0 bridgehead atoms. The van der Waals surface area contributed by atoms with Crippen molar-refractivity contribution in [3.05, 3.63) is 39.9 Å². The molecule has 1 N–H and O–H groups in total. The smallest absolute Gasteiger partial charge is 0.305 e. The van der Waals surface area contributed by atoms with Gasteiger partial charge in [0.05, 0.1) is 13.7 Å². The fraction of sp³-hybridized carbons (Fsp3) is 0.619. The highest BCUT2D eigenvalue weighted by Crippen LogP contribution is 2.14. The number of ether oxygens (including phenoxy) is 3. The Morgan fingerprint density at radius 1 is 1.23 bits per heavy atom. The largest absolute Gasteiger partial charge is 0.491 e. The first-order chi connectivity index (χ1) is 14.8. The minimum absolute atomic E-state index is 0.00569. The molecule has 10 nitrogen and oxygen atoms in total. The topological polar surface area (TPSA) is 126 Å². The number of rotatable bonds is 15. The molecule has 1 unspecified atom stereocenters. The zero-order valence-electron chi connectivity index (χ0n) is 18.7. The first-order valence-electron chi connectivity index (χ1n) is 10.1. The number of carbonyl (C=O) groups is 2. The number of hydrogen-bond acceptors (Lipinski definition) is 9. The summed E-state index contributed by atoms with van der Waals surface area (Å²) < 4.78 is 15.8. The van der Waals surface area contributed by atoms with Crippen molar-refractivity contribution < 1.29 is 33.7 Å². The predicted molar refractivity (Wildman–Crippen MR) is 114 cm³/mol. The van der Waals surface area contributed by atoms with Crippen LogP contribution in [0.5, 0.6) is 5.75 Å². The summed E-state index contributed by atoms with van der Waals surface area (Å²) in [7, 11) is 3.09. The molecular weight excluding hydrogens is 408 g/mol. The Bertz CT molecular complexity index is 622. The summed E-state index contributed by atoms with van der Waals surface area (Å²) in [6.07, 6.45) is 2.50. The second-order valence-electron chi connectivity index (χ2n) is 6.82. The molecule has 0 radical (unpaired) electrons. The lowest BCUT2D eigenvalue weighted by Crippen LogP contribution is -2.36. The number of nitrogens with zero attached hydrogens (tertiary/aromatic N) is 1. The molecular formula is C21H34N2O8. The van der Waals surface area contributed by atoms with E-state index in [1.165, 1.54) is 7.11 Å². The number of esters is 1. The molecule has 1 aromatic carbocycles. The van der Waals surface area contributed by atoms with E-state index in [0.717, 1.165) is 17.9 Å². The van der Waals surface area contributed by atoms with Crippen molar-refractivity contribution in [3.8, 4) is 5.75 Å². The minimum atomic E-state index is -0.870. The van der Waals surface area contributed by atoms with Crippen LogP contribution in [-0.2, 0) is 30.3 Å². The molecule has 0 heterocycles. The van der Waals surface area contributed by atoms with Crippen LogP contribution in [0.15, 0.2) is 24.3 Å². The van der Waals surface area contributed by atoms with Gasteiger partial charge in [-0.1, -0.05) is 26.0 Å². The van der Waals surface area contributed by atoms with E-state index in [9.17, 15) is 19.7 Å². The fourth-order valence-corrected chi connectivity index (χ4v) is 2.17. The Balaban J connectivity index is 0.000000842. The average molecular weight is 443 g/mol. The highest BCUT2D eigenvalue weighted by Gasteiger charge is 2.09. The van der Waals surface area contributed by atoms with E-state index in [0.29, 0.717) is 44.6 Å². The van der Waals surface area contributed by atoms with Gasteiger partial charge in [-0.15, -0.1) is 10.1 Å². The molecule has 1 rings (SSSR count). The van der Waals surface area contributed by atoms with Crippen LogP contribution in [0.3, 0.4) is 0 Å². The molecule has 0 aliphatic heterocycles. The Hall–Kier alpha value is -2.72. The fourth-order valence-electron chi connectivity index (χ4n) is 2.17. The molecule has 10 heteroatoms. The van der Waals surface area contributed by atoms with Crippen molar-refractivity contribution in [1.82, 2.24) is 5.32 Å². The van der Waals surface area contributed by atoms with Gasteiger partial charge in [0.25, 0.3) is 5.09 Å².